The molecule has 1 rings (SSSR count). The first kappa shape index (κ1) is 14.7. The SMILES string of the molecule is C=C(C)CN(C)S(=O)(=O)c1c(N)ccc(C)c1C. The van der Waals surface area contributed by atoms with Crippen LogP contribution in [-0.2, 0) is 10.0 Å². The van der Waals surface area contributed by atoms with Crippen LogP contribution in [0.3, 0.4) is 0 Å². The zero-order valence-corrected chi connectivity index (χ0v) is 12.1. The van der Waals surface area contributed by atoms with Gasteiger partial charge in [-0.05, 0) is 38.0 Å². The minimum Gasteiger partial charge on any atom is -0.398 e. The molecular weight excluding hydrogens is 248 g/mol. The lowest BCUT2D eigenvalue weighted by Crippen LogP contribution is -2.29. The van der Waals surface area contributed by atoms with Crippen molar-refractivity contribution in [1.29, 1.82) is 0 Å². The van der Waals surface area contributed by atoms with Crippen molar-refractivity contribution in [3.63, 3.8) is 0 Å². The summed E-state index contributed by atoms with van der Waals surface area (Å²) in [7, 11) is -2.04. The monoisotopic (exact) mass is 268 g/mol. The number of aryl methyl sites for hydroxylation is 1. The molecule has 0 aliphatic carbocycles. The van der Waals surface area contributed by atoms with Crippen molar-refractivity contribution >= 4 is 15.7 Å². The summed E-state index contributed by atoms with van der Waals surface area (Å²) in [6, 6.07) is 3.45. The second kappa shape index (κ2) is 5.12. The Labute approximate surface area is 109 Å². The molecule has 0 heterocycles. The summed E-state index contributed by atoms with van der Waals surface area (Å²) in [5.74, 6) is 0. The van der Waals surface area contributed by atoms with E-state index in [1.165, 1.54) is 11.4 Å². The van der Waals surface area contributed by atoms with Gasteiger partial charge in [0, 0.05) is 13.6 Å². The molecule has 4 nitrogen and oxygen atoms in total. The summed E-state index contributed by atoms with van der Waals surface area (Å²) in [6.07, 6.45) is 0. The van der Waals surface area contributed by atoms with Crippen LogP contribution < -0.4 is 5.73 Å². The second-order valence-electron chi connectivity index (χ2n) is 4.64. The number of nitrogens with zero attached hydrogens (tertiary/aromatic N) is 1. The molecule has 0 bridgehead atoms. The molecule has 0 amide bonds. The number of benzene rings is 1. The standard InChI is InChI=1S/C13H20N2O2S/c1-9(2)8-15(5)18(16,17)13-11(4)10(3)6-7-12(13)14/h6-7H,1,8,14H2,2-5H3. The second-order valence-corrected chi connectivity index (χ2v) is 6.63. The van der Waals surface area contributed by atoms with Gasteiger partial charge in [0.1, 0.15) is 4.90 Å². The van der Waals surface area contributed by atoms with Crippen LogP contribution in [0.15, 0.2) is 29.2 Å². The molecule has 0 spiro atoms. The molecule has 0 atom stereocenters. The van der Waals surface area contributed by atoms with E-state index in [9.17, 15) is 8.42 Å². The minimum absolute atomic E-state index is 0.200. The van der Waals surface area contributed by atoms with E-state index < -0.39 is 10.0 Å². The van der Waals surface area contributed by atoms with Crippen LogP contribution >= 0.6 is 0 Å². The van der Waals surface area contributed by atoms with Crippen molar-refractivity contribution in [3.05, 3.63) is 35.4 Å². The molecule has 100 valence electrons. The fourth-order valence-corrected chi connectivity index (χ4v) is 3.39. The summed E-state index contributed by atoms with van der Waals surface area (Å²) < 4.78 is 26.2. The topological polar surface area (TPSA) is 63.4 Å². The predicted octanol–water partition coefficient (Wildman–Crippen LogP) is 2.08. The van der Waals surface area contributed by atoms with Crippen molar-refractivity contribution in [1.82, 2.24) is 4.31 Å². The normalized spacial score (nSPS) is 11.8. The molecular formula is C13H20N2O2S. The van der Waals surface area contributed by atoms with Crippen molar-refractivity contribution in [2.75, 3.05) is 19.3 Å². The fraction of sp³-hybridized carbons (Fsp3) is 0.385. The van der Waals surface area contributed by atoms with Crippen LogP contribution in [0.4, 0.5) is 5.69 Å². The Morgan fingerprint density at radius 2 is 1.94 bits per heavy atom. The largest absolute Gasteiger partial charge is 0.398 e. The number of anilines is 1. The molecule has 5 heteroatoms. The highest BCUT2D eigenvalue weighted by Gasteiger charge is 2.25. The number of sulfonamides is 1. The summed E-state index contributed by atoms with van der Waals surface area (Å²) in [4.78, 5) is 0.200. The van der Waals surface area contributed by atoms with Gasteiger partial charge in [-0.15, -0.1) is 0 Å². The Balaban J connectivity index is 3.37. The average molecular weight is 268 g/mol. The van der Waals surface area contributed by atoms with Gasteiger partial charge in [0.05, 0.1) is 5.69 Å². The van der Waals surface area contributed by atoms with Gasteiger partial charge >= 0.3 is 0 Å². The molecule has 2 N–H and O–H groups in total. The van der Waals surface area contributed by atoms with Crippen molar-refractivity contribution in [2.24, 2.45) is 0 Å². The smallest absolute Gasteiger partial charge is 0.245 e. The van der Waals surface area contributed by atoms with E-state index in [1.54, 1.807) is 19.9 Å². The van der Waals surface area contributed by atoms with Gasteiger partial charge in [0.25, 0.3) is 0 Å². The van der Waals surface area contributed by atoms with Gasteiger partial charge in [0.2, 0.25) is 10.0 Å². The molecule has 0 aliphatic rings. The Hall–Kier alpha value is -1.33. The average Bonchev–Trinajstić information content (AvgIpc) is 2.22. The molecule has 0 unspecified atom stereocenters. The Morgan fingerprint density at radius 3 is 2.44 bits per heavy atom. The first-order valence-corrected chi connectivity index (χ1v) is 7.08. The quantitative estimate of drug-likeness (QED) is 0.671. The summed E-state index contributed by atoms with van der Waals surface area (Å²) in [6.45, 7) is 9.44. The molecule has 0 aromatic heterocycles. The van der Waals surface area contributed by atoms with E-state index in [0.717, 1.165) is 11.1 Å². The van der Waals surface area contributed by atoms with Crippen LogP contribution in [0.1, 0.15) is 18.1 Å². The third-order valence-electron chi connectivity index (χ3n) is 2.87. The lowest BCUT2D eigenvalue weighted by atomic mass is 10.1. The Bertz CT molecular complexity index is 577. The highest BCUT2D eigenvalue weighted by molar-refractivity contribution is 7.89. The highest BCUT2D eigenvalue weighted by atomic mass is 32.2. The van der Waals surface area contributed by atoms with Gasteiger partial charge in [-0.1, -0.05) is 18.2 Å². The Kier molecular flexibility index (Phi) is 4.19. The van der Waals surface area contributed by atoms with Crippen molar-refractivity contribution in [3.8, 4) is 0 Å². The first-order valence-electron chi connectivity index (χ1n) is 5.64. The van der Waals surface area contributed by atoms with Gasteiger partial charge in [-0.25, -0.2) is 8.42 Å². The fourth-order valence-electron chi connectivity index (χ4n) is 1.77. The number of rotatable bonds is 4. The van der Waals surface area contributed by atoms with Gasteiger partial charge in [0.15, 0.2) is 0 Å². The van der Waals surface area contributed by atoms with Crippen LogP contribution in [0.2, 0.25) is 0 Å². The van der Waals surface area contributed by atoms with E-state index in [2.05, 4.69) is 6.58 Å². The summed E-state index contributed by atoms with van der Waals surface area (Å²) in [5, 5.41) is 0. The lowest BCUT2D eigenvalue weighted by molar-refractivity contribution is 0.493. The van der Waals surface area contributed by atoms with Crippen molar-refractivity contribution in [2.45, 2.75) is 25.7 Å². The molecule has 0 radical (unpaired) electrons. The first-order chi connectivity index (χ1) is 8.17. The van der Waals surface area contributed by atoms with Gasteiger partial charge in [-0.2, -0.15) is 4.31 Å². The predicted molar refractivity (Wildman–Crippen MR) is 75.0 cm³/mol. The number of nitrogens with two attached hydrogens (primary N) is 1. The molecule has 0 saturated carbocycles. The lowest BCUT2D eigenvalue weighted by Gasteiger charge is -2.20. The zero-order valence-electron chi connectivity index (χ0n) is 11.3. The van der Waals surface area contributed by atoms with Gasteiger partial charge < -0.3 is 5.73 Å². The van der Waals surface area contributed by atoms with Gasteiger partial charge in [-0.3, -0.25) is 0 Å². The van der Waals surface area contributed by atoms with Crippen molar-refractivity contribution < 1.29 is 8.42 Å². The third-order valence-corrected chi connectivity index (χ3v) is 4.88. The third kappa shape index (κ3) is 2.73. The van der Waals surface area contributed by atoms with Crippen LogP contribution in [0, 0.1) is 13.8 Å². The van der Waals surface area contributed by atoms with Crippen LogP contribution in [0.5, 0.6) is 0 Å². The molecule has 18 heavy (non-hydrogen) atoms. The maximum atomic E-state index is 12.5. The van der Waals surface area contributed by atoms with E-state index >= 15 is 0 Å². The maximum Gasteiger partial charge on any atom is 0.245 e. The zero-order chi connectivity index (χ0) is 14.1. The molecule has 0 aliphatic heterocycles. The van der Waals surface area contributed by atoms with E-state index in [0.29, 0.717) is 5.56 Å². The molecule has 0 fully saturated rings. The summed E-state index contributed by atoms with van der Waals surface area (Å²) >= 11 is 0. The minimum atomic E-state index is -3.57. The number of likely N-dealkylation sites (N-methyl/N-ethyl adjacent to an activating group) is 1. The Morgan fingerprint density at radius 1 is 1.39 bits per heavy atom. The molecule has 1 aromatic rings. The van der Waals surface area contributed by atoms with E-state index in [1.807, 2.05) is 13.0 Å². The number of hydrogen-bond donors (Lipinski definition) is 1. The maximum absolute atomic E-state index is 12.5. The molecule has 1 aromatic carbocycles. The number of nitrogen functional groups attached to an aromatic ring is 1. The van der Waals surface area contributed by atoms with Crippen LogP contribution in [0.25, 0.3) is 0 Å². The van der Waals surface area contributed by atoms with Crippen LogP contribution in [-0.4, -0.2) is 26.3 Å². The highest BCUT2D eigenvalue weighted by Crippen LogP contribution is 2.27. The van der Waals surface area contributed by atoms with E-state index in [4.69, 9.17) is 5.73 Å². The number of hydrogen-bond acceptors (Lipinski definition) is 3. The van der Waals surface area contributed by atoms with E-state index in [-0.39, 0.29) is 17.1 Å². The molecule has 0 saturated heterocycles. The summed E-state index contributed by atoms with van der Waals surface area (Å²) in [5.41, 5.74) is 8.49.